The lowest BCUT2D eigenvalue weighted by atomic mass is 9.75. The minimum absolute atomic E-state index is 0.0445. The average Bonchev–Trinajstić information content (AvgIpc) is 2.75. The zero-order valence-electron chi connectivity index (χ0n) is 12.3. The van der Waals surface area contributed by atoms with Gasteiger partial charge in [0, 0.05) is 11.0 Å². The molecule has 102 valence electrons. The summed E-state index contributed by atoms with van der Waals surface area (Å²) in [5.74, 6) is -0.140. The van der Waals surface area contributed by atoms with Crippen LogP contribution >= 0.6 is 0 Å². The topological polar surface area (TPSA) is 50.4 Å². The molecule has 1 aromatic heterocycles. The largest absolute Gasteiger partial charge is 0.475 e. The third kappa shape index (κ3) is 2.60. The molecule has 0 saturated carbocycles. The van der Waals surface area contributed by atoms with Gasteiger partial charge in [0.05, 0.1) is 0 Å². The molecule has 0 aliphatic rings. The van der Waals surface area contributed by atoms with Gasteiger partial charge in [0.1, 0.15) is 5.76 Å². The fraction of sp³-hybridized carbons (Fsp3) is 0.667. The number of hydrogen-bond donors (Lipinski definition) is 1. The van der Waals surface area contributed by atoms with Crippen molar-refractivity contribution in [3.8, 4) is 0 Å². The Morgan fingerprint density at radius 1 is 1.17 bits per heavy atom. The second-order valence-electron chi connectivity index (χ2n) is 6.13. The predicted molar refractivity (Wildman–Crippen MR) is 72.3 cm³/mol. The normalized spacial score (nSPS) is 12.8. The van der Waals surface area contributed by atoms with E-state index in [9.17, 15) is 4.79 Å². The quantitative estimate of drug-likeness (QED) is 0.847. The maximum Gasteiger partial charge on any atom is 0.371 e. The molecule has 18 heavy (non-hydrogen) atoms. The molecule has 1 N–H and O–H groups in total. The van der Waals surface area contributed by atoms with Crippen molar-refractivity contribution in [2.24, 2.45) is 0 Å². The molecule has 0 aliphatic heterocycles. The van der Waals surface area contributed by atoms with Gasteiger partial charge in [-0.1, -0.05) is 41.5 Å². The van der Waals surface area contributed by atoms with Gasteiger partial charge in [-0.05, 0) is 24.3 Å². The van der Waals surface area contributed by atoms with E-state index in [2.05, 4.69) is 41.5 Å². The first-order valence-electron chi connectivity index (χ1n) is 6.53. The van der Waals surface area contributed by atoms with Crippen molar-refractivity contribution in [2.75, 3.05) is 0 Å². The number of carbonyl (C=O) groups is 1. The van der Waals surface area contributed by atoms with Gasteiger partial charge in [-0.25, -0.2) is 4.79 Å². The van der Waals surface area contributed by atoms with E-state index >= 15 is 0 Å². The molecular formula is C15H24O3. The lowest BCUT2D eigenvalue weighted by Gasteiger charge is -2.28. The third-order valence-corrected chi connectivity index (χ3v) is 4.05. The minimum Gasteiger partial charge on any atom is -0.475 e. The monoisotopic (exact) mass is 252 g/mol. The summed E-state index contributed by atoms with van der Waals surface area (Å²) in [7, 11) is 0. The zero-order chi connectivity index (χ0) is 14.1. The molecular weight excluding hydrogens is 228 g/mol. The number of aromatic carboxylic acids is 1. The molecule has 1 heterocycles. The highest BCUT2D eigenvalue weighted by Crippen LogP contribution is 2.39. The van der Waals surface area contributed by atoms with Gasteiger partial charge in [0.25, 0.3) is 0 Å². The Labute approximate surface area is 109 Å². The van der Waals surface area contributed by atoms with E-state index in [-0.39, 0.29) is 16.6 Å². The van der Waals surface area contributed by atoms with Crippen LogP contribution in [0.3, 0.4) is 0 Å². The van der Waals surface area contributed by atoms with E-state index in [1.807, 2.05) is 0 Å². The van der Waals surface area contributed by atoms with E-state index in [0.29, 0.717) is 0 Å². The second-order valence-corrected chi connectivity index (χ2v) is 6.13. The predicted octanol–water partition coefficient (Wildman–Crippen LogP) is 4.35. The van der Waals surface area contributed by atoms with Crippen LogP contribution in [0.1, 0.15) is 76.3 Å². The molecule has 0 amide bonds. The maximum atomic E-state index is 11.1. The summed E-state index contributed by atoms with van der Waals surface area (Å²) >= 11 is 0. The summed E-state index contributed by atoms with van der Waals surface area (Å²) in [5, 5.41) is 9.11. The molecule has 0 fully saturated rings. The van der Waals surface area contributed by atoms with Gasteiger partial charge in [-0.15, -0.1) is 0 Å². The fourth-order valence-electron chi connectivity index (χ4n) is 1.85. The maximum absolute atomic E-state index is 11.1. The molecule has 0 spiro atoms. The first-order chi connectivity index (χ1) is 8.15. The summed E-state index contributed by atoms with van der Waals surface area (Å²) in [4.78, 5) is 11.1. The zero-order valence-corrected chi connectivity index (χ0v) is 12.3. The summed E-state index contributed by atoms with van der Waals surface area (Å²) in [6.07, 6.45) is 1.85. The van der Waals surface area contributed by atoms with Crippen molar-refractivity contribution in [3.05, 3.63) is 23.2 Å². The Morgan fingerprint density at radius 3 is 2.06 bits per heavy atom. The molecule has 0 aromatic carbocycles. The van der Waals surface area contributed by atoms with E-state index in [4.69, 9.17) is 9.52 Å². The van der Waals surface area contributed by atoms with E-state index < -0.39 is 5.97 Å². The highest BCUT2D eigenvalue weighted by molar-refractivity contribution is 5.84. The van der Waals surface area contributed by atoms with Gasteiger partial charge in [-0.2, -0.15) is 0 Å². The molecule has 0 aliphatic carbocycles. The average molecular weight is 252 g/mol. The van der Waals surface area contributed by atoms with Gasteiger partial charge in [-0.3, -0.25) is 0 Å². The smallest absolute Gasteiger partial charge is 0.371 e. The standard InChI is InChI=1S/C15H24O3/c1-7-14(3,4)10-9-11(13(16)17)18-12(10)15(5,6)8-2/h9H,7-8H2,1-6H3,(H,16,17). The Hall–Kier alpha value is -1.25. The van der Waals surface area contributed by atoms with Crippen LogP contribution < -0.4 is 0 Å². The minimum atomic E-state index is -0.999. The summed E-state index contributed by atoms with van der Waals surface area (Å²) in [6.45, 7) is 12.6. The van der Waals surface area contributed by atoms with Crippen LogP contribution in [0.25, 0.3) is 0 Å². The molecule has 1 rings (SSSR count). The molecule has 0 bridgehead atoms. The Bertz CT molecular complexity index is 405. The van der Waals surface area contributed by atoms with Crippen molar-refractivity contribution < 1.29 is 14.3 Å². The second kappa shape index (κ2) is 4.79. The SMILES string of the molecule is CCC(C)(C)c1cc(C(=O)O)oc1C(C)(C)CC. The Morgan fingerprint density at radius 2 is 1.67 bits per heavy atom. The van der Waals surface area contributed by atoms with Crippen LogP contribution in [0.2, 0.25) is 0 Å². The third-order valence-electron chi connectivity index (χ3n) is 4.05. The summed E-state index contributed by atoms with van der Waals surface area (Å²) < 4.78 is 5.62. The van der Waals surface area contributed by atoms with Crippen LogP contribution in [-0.4, -0.2) is 11.1 Å². The molecule has 3 heteroatoms. The van der Waals surface area contributed by atoms with Crippen molar-refractivity contribution in [1.82, 2.24) is 0 Å². The Balaban J connectivity index is 3.44. The molecule has 0 radical (unpaired) electrons. The van der Waals surface area contributed by atoms with Crippen LogP contribution in [-0.2, 0) is 10.8 Å². The van der Waals surface area contributed by atoms with E-state index in [0.717, 1.165) is 24.2 Å². The van der Waals surface area contributed by atoms with Crippen molar-refractivity contribution in [2.45, 2.75) is 65.2 Å². The summed E-state index contributed by atoms with van der Waals surface area (Å²) in [6, 6.07) is 1.69. The van der Waals surface area contributed by atoms with Crippen molar-refractivity contribution >= 4 is 5.97 Å². The van der Waals surface area contributed by atoms with E-state index in [1.165, 1.54) is 0 Å². The number of carboxylic acid groups (broad SMARTS) is 1. The number of hydrogen-bond acceptors (Lipinski definition) is 2. The molecule has 0 saturated heterocycles. The van der Waals surface area contributed by atoms with Crippen molar-refractivity contribution in [3.63, 3.8) is 0 Å². The lowest BCUT2D eigenvalue weighted by molar-refractivity contribution is 0.0658. The first-order valence-corrected chi connectivity index (χ1v) is 6.53. The molecule has 0 unspecified atom stereocenters. The molecule has 3 nitrogen and oxygen atoms in total. The van der Waals surface area contributed by atoms with Crippen LogP contribution in [0.4, 0.5) is 0 Å². The van der Waals surface area contributed by atoms with Crippen LogP contribution in [0, 0.1) is 0 Å². The van der Waals surface area contributed by atoms with Crippen LogP contribution in [0.5, 0.6) is 0 Å². The first kappa shape index (κ1) is 14.8. The van der Waals surface area contributed by atoms with Gasteiger partial charge >= 0.3 is 5.97 Å². The van der Waals surface area contributed by atoms with Crippen molar-refractivity contribution in [1.29, 1.82) is 0 Å². The Kier molecular flexibility index (Phi) is 3.94. The highest BCUT2D eigenvalue weighted by Gasteiger charge is 2.34. The van der Waals surface area contributed by atoms with Gasteiger partial charge < -0.3 is 9.52 Å². The molecule has 1 aromatic rings. The number of carboxylic acids is 1. The van der Waals surface area contributed by atoms with Crippen LogP contribution in [0.15, 0.2) is 10.5 Å². The fourth-order valence-corrected chi connectivity index (χ4v) is 1.85. The van der Waals surface area contributed by atoms with Gasteiger partial charge in [0.2, 0.25) is 5.76 Å². The van der Waals surface area contributed by atoms with E-state index in [1.54, 1.807) is 6.07 Å². The number of furan rings is 1. The number of rotatable bonds is 5. The van der Waals surface area contributed by atoms with Gasteiger partial charge in [0.15, 0.2) is 0 Å². The lowest BCUT2D eigenvalue weighted by Crippen LogP contribution is -2.23. The highest BCUT2D eigenvalue weighted by atomic mass is 16.4. The summed E-state index contributed by atoms with van der Waals surface area (Å²) in [5.41, 5.74) is 0.809. The molecule has 0 atom stereocenters.